The highest BCUT2D eigenvalue weighted by molar-refractivity contribution is 7.12. The number of aromatic nitrogens is 2. The second-order valence-corrected chi connectivity index (χ2v) is 4.32. The van der Waals surface area contributed by atoms with E-state index in [1.165, 1.54) is 15.9 Å². The van der Waals surface area contributed by atoms with Gasteiger partial charge in [0.2, 0.25) is 0 Å². The Bertz CT molecular complexity index is 694. The van der Waals surface area contributed by atoms with Crippen molar-refractivity contribution in [3.05, 3.63) is 46.2 Å². The third-order valence-corrected chi connectivity index (χ3v) is 3.26. The first-order valence-corrected chi connectivity index (χ1v) is 5.62. The van der Waals surface area contributed by atoms with Crippen molar-refractivity contribution in [2.75, 3.05) is 0 Å². The van der Waals surface area contributed by atoms with Crippen LogP contribution in [0.3, 0.4) is 0 Å². The predicted molar refractivity (Wildman–Crippen MR) is 63.4 cm³/mol. The molecule has 3 aromatic rings. The number of phenolic OH excluding ortho intramolecular Hbond substituents is 1. The molecule has 0 unspecified atom stereocenters. The zero-order chi connectivity index (χ0) is 11.1. The Morgan fingerprint density at radius 3 is 2.88 bits per heavy atom. The van der Waals surface area contributed by atoms with Gasteiger partial charge in [0.1, 0.15) is 16.3 Å². The van der Waals surface area contributed by atoms with Crippen LogP contribution in [0.4, 0.5) is 0 Å². The van der Waals surface area contributed by atoms with Crippen molar-refractivity contribution >= 4 is 22.4 Å². The summed E-state index contributed by atoms with van der Waals surface area (Å²) in [6.07, 6.45) is 0. The zero-order valence-electron chi connectivity index (χ0n) is 8.18. The van der Waals surface area contributed by atoms with Gasteiger partial charge < -0.3 is 10.1 Å². The number of thiophene rings is 1. The Kier molecular flexibility index (Phi) is 1.87. The number of aromatic hydroxyl groups is 1. The van der Waals surface area contributed by atoms with Crippen molar-refractivity contribution in [1.29, 1.82) is 0 Å². The maximum absolute atomic E-state index is 11.8. The summed E-state index contributed by atoms with van der Waals surface area (Å²) in [5.74, 6) is 0.101. The van der Waals surface area contributed by atoms with Crippen molar-refractivity contribution in [3.63, 3.8) is 0 Å². The van der Waals surface area contributed by atoms with Crippen molar-refractivity contribution in [1.82, 2.24) is 9.55 Å². The number of rotatable bonds is 1. The van der Waals surface area contributed by atoms with Gasteiger partial charge in [-0.3, -0.25) is 0 Å². The molecule has 0 bridgehead atoms. The summed E-state index contributed by atoms with van der Waals surface area (Å²) < 4.78 is 1.48. The molecule has 16 heavy (non-hydrogen) atoms. The predicted octanol–water partition coefficient (Wildman–Crippen LogP) is 2.09. The van der Waals surface area contributed by atoms with Crippen LogP contribution in [-0.2, 0) is 0 Å². The number of phenols is 1. The normalized spacial score (nSPS) is 11.0. The van der Waals surface area contributed by atoms with E-state index in [1.54, 1.807) is 18.2 Å². The number of para-hydroxylation sites is 1. The van der Waals surface area contributed by atoms with E-state index in [2.05, 4.69) is 4.98 Å². The Morgan fingerprint density at radius 1 is 1.25 bits per heavy atom. The summed E-state index contributed by atoms with van der Waals surface area (Å²) in [5.41, 5.74) is 0.923. The number of imidazole rings is 1. The maximum atomic E-state index is 11.8. The number of aromatic amines is 1. The zero-order valence-corrected chi connectivity index (χ0v) is 8.99. The second kappa shape index (κ2) is 3.24. The van der Waals surface area contributed by atoms with Gasteiger partial charge >= 0.3 is 5.69 Å². The molecule has 0 saturated heterocycles. The van der Waals surface area contributed by atoms with Crippen LogP contribution in [0.2, 0.25) is 0 Å². The molecule has 0 amide bonds. The van der Waals surface area contributed by atoms with E-state index < -0.39 is 0 Å². The number of benzene rings is 1. The molecule has 0 aliphatic carbocycles. The molecule has 3 rings (SSSR count). The number of nitrogens with zero attached hydrogens (tertiary/aromatic N) is 1. The quantitative estimate of drug-likeness (QED) is 0.675. The van der Waals surface area contributed by atoms with Gasteiger partial charge in [-0.1, -0.05) is 6.07 Å². The average molecular weight is 232 g/mol. The fourth-order valence-corrected chi connectivity index (χ4v) is 2.48. The molecule has 0 spiro atoms. The maximum Gasteiger partial charge on any atom is 0.331 e. The molecule has 80 valence electrons. The van der Waals surface area contributed by atoms with Crippen LogP contribution in [-0.4, -0.2) is 14.7 Å². The Labute approximate surface area is 94.4 Å². The van der Waals surface area contributed by atoms with Crippen LogP contribution in [0.1, 0.15) is 0 Å². The molecule has 0 atom stereocenters. The number of hydrogen-bond acceptors (Lipinski definition) is 3. The van der Waals surface area contributed by atoms with Gasteiger partial charge in [0, 0.05) is 0 Å². The summed E-state index contributed by atoms with van der Waals surface area (Å²) in [7, 11) is 0. The molecule has 1 aromatic carbocycles. The minimum absolute atomic E-state index is 0.101. The first kappa shape index (κ1) is 9.23. The Morgan fingerprint density at radius 2 is 2.12 bits per heavy atom. The van der Waals surface area contributed by atoms with E-state index in [0.29, 0.717) is 11.0 Å². The second-order valence-electron chi connectivity index (χ2n) is 3.39. The van der Waals surface area contributed by atoms with E-state index in [1.807, 2.05) is 17.5 Å². The monoisotopic (exact) mass is 232 g/mol. The third kappa shape index (κ3) is 1.18. The highest BCUT2D eigenvalue weighted by atomic mass is 32.1. The van der Waals surface area contributed by atoms with Crippen LogP contribution in [0, 0.1) is 0 Å². The molecule has 0 fully saturated rings. The van der Waals surface area contributed by atoms with Gasteiger partial charge in [0.15, 0.2) is 0 Å². The van der Waals surface area contributed by atoms with Gasteiger partial charge in [0.05, 0.1) is 5.52 Å². The minimum Gasteiger partial charge on any atom is -0.506 e. The summed E-state index contributed by atoms with van der Waals surface area (Å²) in [6, 6.07) is 8.74. The fraction of sp³-hybridized carbons (Fsp3) is 0. The molecule has 0 saturated carbocycles. The van der Waals surface area contributed by atoms with E-state index in [9.17, 15) is 9.90 Å². The molecule has 2 aromatic heterocycles. The van der Waals surface area contributed by atoms with Crippen LogP contribution >= 0.6 is 11.3 Å². The summed E-state index contributed by atoms with van der Waals surface area (Å²) in [6.45, 7) is 0. The van der Waals surface area contributed by atoms with Gasteiger partial charge in [-0.05, 0) is 29.6 Å². The van der Waals surface area contributed by atoms with E-state index in [4.69, 9.17) is 0 Å². The highest BCUT2D eigenvalue weighted by Crippen LogP contribution is 2.25. The van der Waals surface area contributed by atoms with Gasteiger partial charge in [-0.15, -0.1) is 11.3 Å². The molecule has 4 nitrogen and oxygen atoms in total. The Balaban J connectivity index is 2.49. The lowest BCUT2D eigenvalue weighted by Gasteiger charge is -2.00. The molecule has 0 aliphatic heterocycles. The minimum atomic E-state index is -0.237. The summed E-state index contributed by atoms with van der Waals surface area (Å²) in [4.78, 5) is 14.5. The van der Waals surface area contributed by atoms with Crippen LogP contribution in [0.15, 0.2) is 40.5 Å². The third-order valence-electron chi connectivity index (χ3n) is 2.41. The molecular weight excluding hydrogens is 224 g/mol. The molecule has 2 heterocycles. The van der Waals surface area contributed by atoms with E-state index in [0.717, 1.165) is 5.00 Å². The van der Waals surface area contributed by atoms with Crippen LogP contribution < -0.4 is 5.69 Å². The number of hydrogen-bond donors (Lipinski definition) is 2. The van der Waals surface area contributed by atoms with Crippen molar-refractivity contribution in [2.24, 2.45) is 0 Å². The molecular formula is C11H8N2O2S. The van der Waals surface area contributed by atoms with Crippen LogP contribution in [0.25, 0.3) is 16.0 Å². The van der Waals surface area contributed by atoms with Crippen molar-refractivity contribution in [3.8, 4) is 10.8 Å². The first-order valence-electron chi connectivity index (χ1n) is 4.74. The Hall–Kier alpha value is -2.01. The lowest BCUT2D eigenvalue weighted by molar-refractivity contribution is 0.479. The van der Waals surface area contributed by atoms with Crippen LogP contribution in [0.5, 0.6) is 5.75 Å². The SMILES string of the molecule is O=c1[nH]c2cccc(O)c2n1-c1cccs1. The fourth-order valence-electron chi connectivity index (χ4n) is 1.75. The number of fused-ring (bicyclic) bond motifs is 1. The number of nitrogens with one attached hydrogen (secondary N) is 1. The molecule has 0 aliphatic rings. The number of H-pyrrole nitrogens is 1. The highest BCUT2D eigenvalue weighted by Gasteiger charge is 2.12. The topological polar surface area (TPSA) is 58.0 Å². The van der Waals surface area contributed by atoms with Gasteiger partial charge in [-0.2, -0.15) is 0 Å². The summed E-state index contributed by atoms with van der Waals surface area (Å²) in [5, 5.41) is 12.5. The van der Waals surface area contributed by atoms with E-state index in [-0.39, 0.29) is 11.4 Å². The van der Waals surface area contributed by atoms with E-state index >= 15 is 0 Å². The van der Waals surface area contributed by atoms with Gasteiger partial charge in [0.25, 0.3) is 0 Å². The van der Waals surface area contributed by atoms with Gasteiger partial charge in [-0.25, -0.2) is 9.36 Å². The first-order chi connectivity index (χ1) is 7.77. The lowest BCUT2D eigenvalue weighted by Crippen LogP contribution is -2.13. The molecule has 5 heteroatoms. The molecule has 2 N–H and O–H groups in total. The van der Waals surface area contributed by atoms with Crippen molar-refractivity contribution in [2.45, 2.75) is 0 Å². The van der Waals surface area contributed by atoms with Crippen molar-refractivity contribution < 1.29 is 5.11 Å². The average Bonchev–Trinajstić information content (AvgIpc) is 2.84. The lowest BCUT2D eigenvalue weighted by atomic mass is 10.3. The largest absolute Gasteiger partial charge is 0.506 e. The molecule has 0 radical (unpaired) electrons. The smallest absolute Gasteiger partial charge is 0.331 e. The standard InChI is InChI=1S/C11H8N2O2S/c14-8-4-1-3-7-10(8)13(11(15)12-7)9-5-2-6-16-9/h1-6,14H,(H,12,15). The summed E-state index contributed by atoms with van der Waals surface area (Å²) >= 11 is 1.45.